The van der Waals surface area contributed by atoms with Gasteiger partial charge in [0.25, 0.3) is 0 Å². The van der Waals surface area contributed by atoms with Crippen LogP contribution in [0.15, 0.2) is 6.20 Å². The Morgan fingerprint density at radius 2 is 2.16 bits per heavy atom. The first-order valence-corrected chi connectivity index (χ1v) is 7.06. The Morgan fingerprint density at radius 3 is 2.79 bits per heavy atom. The second-order valence-electron chi connectivity index (χ2n) is 4.04. The molecule has 19 heavy (non-hydrogen) atoms. The molecule has 0 aliphatic rings. The summed E-state index contributed by atoms with van der Waals surface area (Å²) in [6.07, 6.45) is 2.71. The van der Waals surface area contributed by atoms with Gasteiger partial charge in [-0.15, -0.1) is 0 Å². The van der Waals surface area contributed by atoms with Crippen molar-refractivity contribution in [3.63, 3.8) is 0 Å². The summed E-state index contributed by atoms with van der Waals surface area (Å²) in [7, 11) is 0. The number of anilines is 1. The van der Waals surface area contributed by atoms with Gasteiger partial charge in [-0.05, 0) is 19.1 Å². The van der Waals surface area contributed by atoms with Crippen LogP contribution in [0, 0.1) is 13.8 Å². The minimum atomic E-state index is 0. The molecule has 0 aliphatic heterocycles. The molecule has 0 amide bonds. The Bertz CT molecular complexity index is 558. The Balaban J connectivity index is 0.00000180. The fourth-order valence-electron chi connectivity index (χ4n) is 1.64. The van der Waals surface area contributed by atoms with Gasteiger partial charge in [0.05, 0.1) is 14.9 Å². The number of nitrogen functional groups attached to an aromatic ring is 1. The molecule has 5 nitrogen and oxygen atoms in total. The van der Waals surface area contributed by atoms with Gasteiger partial charge in [0.1, 0.15) is 11.6 Å². The summed E-state index contributed by atoms with van der Waals surface area (Å²) in [5.74, 6) is 2.05. The third kappa shape index (κ3) is 3.77. The summed E-state index contributed by atoms with van der Waals surface area (Å²) in [6.45, 7) is 4.50. The molecule has 0 fully saturated rings. The number of rotatable bonds is 4. The quantitative estimate of drug-likeness (QED) is 0.503. The van der Waals surface area contributed by atoms with Crippen molar-refractivity contribution in [2.45, 2.75) is 26.8 Å². The molecule has 0 aromatic carbocycles. The van der Waals surface area contributed by atoms with Crippen LogP contribution in [0.2, 0.25) is 0 Å². The fourth-order valence-corrected chi connectivity index (χ4v) is 2.82. The van der Waals surface area contributed by atoms with Crippen molar-refractivity contribution in [3.8, 4) is 0 Å². The van der Waals surface area contributed by atoms with E-state index in [4.69, 9.17) is 5.73 Å². The maximum Gasteiger partial charge on any atom is 0.221 e. The third-order valence-corrected chi connectivity index (χ3v) is 3.94. The Labute approximate surface area is 128 Å². The lowest BCUT2D eigenvalue weighted by molar-refractivity contribution is -0.744. The van der Waals surface area contributed by atoms with Crippen molar-refractivity contribution in [2.75, 3.05) is 11.5 Å². The number of nitrogens with zero attached hydrogens (tertiary/aromatic N) is 4. The molecule has 0 aliphatic carbocycles. The van der Waals surface area contributed by atoms with Gasteiger partial charge in [0.15, 0.2) is 0 Å². The third-order valence-electron chi connectivity index (χ3n) is 2.72. The number of hydrogen-bond acceptors (Lipinski definition) is 6. The van der Waals surface area contributed by atoms with Crippen LogP contribution in [0.25, 0.3) is 0 Å². The summed E-state index contributed by atoms with van der Waals surface area (Å²) in [5.41, 5.74) is 7.94. The van der Waals surface area contributed by atoms with E-state index in [0.717, 1.165) is 23.4 Å². The zero-order valence-electron chi connectivity index (χ0n) is 10.8. The first-order chi connectivity index (χ1) is 8.61. The predicted molar refractivity (Wildman–Crippen MR) is 74.9 cm³/mol. The largest absolute Gasteiger partial charge is 1.00 e. The van der Waals surface area contributed by atoms with E-state index < -0.39 is 0 Å². The van der Waals surface area contributed by atoms with Gasteiger partial charge in [0, 0.05) is 24.7 Å². The van der Waals surface area contributed by atoms with Gasteiger partial charge in [0.2, 0.25) is 12.2 Å². The maximum atomic E-state index is 5.88. The summed E-state index contributed by atoms with van der Waals surface area (Å²) in [5, 5.41) is 0. The van der Waals surface area contributed by atoms with E-state index in [2.05, 4.69) is 34.0 Å². The van der Waals surface area contributed by atoms with Gasteiger partial charge >= 0.3 is 0 Å². The summed E-state index contributed by atoms with van der Waals surface area (Å²) in [4.78, 5) is 9.59. The van der Waals surface area contributed by atoms with E-state index in [1.54, 1.807) is 6.20 Å². The number of aromatic nitrogens is 4. The summed E-state index contributed by atoms with van der Waals surface area (Å²) >= 11 is 5.76. The molecular weight excluding hydrogens is 302 g/mol. The van der Waals surface area contributed by atoms with Gasteiger partial charge in [-0.2, -0.15) is 12.6 Å². The Morgan fingerprint density at radius 1 is 1.42 bits per heavy atom. The average molecular weight is 318 g/mol. The van der Waals surface area contributed by atoms with Crippen molar-refractivity contribution in [2.24, 2.45) is 0 Å². The second-order valence-corrected chi connectivity index (χ2v) is 5.33. The lowest BCUT2D eigenvalue weighted by Crippen LogP contribution is -3.00. The van der Waals surface area contributed by atoms with Gasteiger partial charge in [-0.3, -0.25) is 0 Å². The van der Waals surface area contributed by atoms with Crippen LogP contribution in [0.3, 0.4) is 0 Å². The number of halogens is 1. The minimum Gasteiger partial charge on any atom is -1.00 e. The zero-order chi connectivity index (χ0) is 13.1. The first kappa shape index (κ1) is 16.1. The highest BCUT2D eigenvalue weighted by molar-refractivity contribution is 7.80. The van der Waals surface area contributed by atoms with Gasteiger partial charge in [-0.25, -0.2) is 9.97 Å². The number of aryl methyl sites for hydroxylation is 2. The topological polar surface area (TPSA) is 68.6 Å². The molecule has 8 heteroatoms. The van der Waals surface area contributed by atoms with Crippen LogP contribution in [0.1, 0.15) is 22.0 Å². The monoisotopic (exact) mass is 317 g/mol. The number of hydrogen-bond donors (Lipinski definition) is 2. The van der Waals surface area contributed by atoms with Gasteiger partial charge in [-0.1, -0.05) is 4.68 Å². The minimum absolute atomic E-state index is 0. The van der Waals surface area contributed by atoms with E-state index in [9.17, 15) is 0 Å². The molecule has 2 aromatic heterocycles. The van der Waals surface area contributed by atoms with Crippen LogP contribution in [0.5, 0.6) is 0 Å². The second kappa shape index (κ2) is 7.02. The molecule has 0 spiro atoms. The first-order valence-electron chi connectivity index (χ1n) is 5.66. The maximum absolute atomic E-state index is 5.88. The number of thiol groups is 1. The van der Waals surface area contributed by atoms with Crippen molar-refractivity contribution in [1.82, 2.24) is 14.5 Å². The van der Waals surface area contributed by atoms with E-state index in [0.29, 0.717) is 18.2 Å². The molecular formula is C11H16ClN5S2. The SMILES string of the molecule is Cc1ncc(C[n+]2nsc(CCS)c2C)c(N)n1.[Cl-]. The normalized spacial score (nSPS) is 10.3. The zero-order valence-corrected chi connectivity index (χ0v) is 13.3. The molecule has 104 valence electrons. The molecule has 0 unspecified atom stereocenters. The fraction of sp³-hybridized carbons (Fsp3) is 0.455. The molecule has 0 atom stereocenters. The molecule has 0 saturated carbocycles. The standard InChI is InChI=1S/C11H15N5S2.ClH/c1-7-10(3-4-17)18-15-16(7)6-9-5-13-8(2)14-11(9)12;/h5H,3-4,6H2,1-2H3,(H2-,12,13,14,17);1H. The average Bonchev–Trinajstić information content (AvgIpc) is 2.66. The molecule has 2 N–H and O–H groups in total. The molecule has 0 saturated heterocycles. The number of nitrogens with two attached hydrogens (primary N) is 1. The van der Waals surface area contributed by atoms with Crippen LogP contribution in [-0.2, 0) is 13.0 Å². The lowest BCUT2D eigenvalue weighted by atomic mass is 10.3. The van der Waals surface area contributed by atoms with Crippen molar-refractivity contribution in [3.05, 3.63) is 28.2 Å². The van der Waals surface area contributed by atoms with Crippen molar-refractivity contribution < 1.29 is 17.1 Å². The highest BCUT2D eigenvalue weighted by Crippen LogP contribution is 2.12. The summed E-state index contributed by atoms with van der Waals surface area (Å²) in [6, 6.07) is 0. The molecule has 2 heterocycles. The van der Waals surface area contributed by atoms with Crippen molar-refractivity contribution in [1.29, 1.82) is 0 Å². The van der Waals surface area contributed by atoms with E-state index >= 15 is 0 Å². The van der Waals surface area contributed by atoms with E-state index in [1.165, 1.54) is 16.4 Å². The lowest BCUT2D eigenvalue weighted by Gasteiger charge is -2.00. The van der Waals surface area contributed by atoms with E-state index in [-0.39, 0.29) is 12.4 Å². The molecule has 0 radical (unpaired) electrons. The predicted octanol–water partition coefficient (Wildman–Crippen LogP) is -2.06. The highest BCUT2D eigenvalue weighted by atomic mass is 35.5. The Hall–Kier alpha value is -0.920. The Kier molecular flexibility index (Phi) is 5.96. The van der Waals surface area contributed by atoms with Crippen LogP contribution in [-0.4, -0.2) is 20.2 Å². The molecule has 0 bridgehead atoms. The van der Waals surface area contributed by atoms with Gasteiger partial charge < -0.3 is 18.1 Å². The highest BCUT2D eigenvalue weighted by Gasteiger charge is 2.19. The molecule has 2 rings (SSSR count). The smallest absolute Gasteiger partial charge is 0.221 e. The molecule has 2 aromatic rings. The van der Waals surface area contributed by atoms with Crippen LogP contribution in [0.4, 0.5) is 5.82 Å². The van der Waals surface area contributed by atoms with Crippen LogP contribution < -0.4 is 22.8 Å². The van der Waals surface area contributed by atoms with Crippen LogP contribution >= 0.6 is 24.2 Å². The summed E-state index contributed by atoms with van der Waals surface area (Å²) < 4.78 is 6.34. The van der Waals surface area contributed by atoms with Crippen molar-refractivity contribution >= 4 is 30.0 Å². The van der Waals surface area contributed by atoms with E-state index in [1.807, 2.05) is 11.6 Å².